The minimum atomic E-state index is -3.48. The molecule has 0 amide bonds. The lowest BCUT2D eigenvalue weighted by atomic mass is 10.1. The smallest absolute Gasteiger partial charge is 0.248 e. The maximum atomic E-state index is 12.7. The Morgan fingerprint density at radius 3 is 2.04 bits per heavy atom. The molecule has 3 aromatic carbocycles. The number of sulfone groups is 1. The molecular weight excluding hydrogens is 360 g/mol. The zero-order valence-electron chi connectivity index (χ0n) is 14.3. The zero-order chi connectivity index (χ0) is 18.7. The molecule has 0 aliphatic rings. The Morgan fingerprint density at radius 2 is 1.30 bits per heavy atom. The first-order valence-corrected chi connectivity index (χ1v) is 10.0. The predicted molar refractivity (Wildman–Crippen MR) is 103 cm³/mol. The van der Waals surface area contributed by atoms with Crippen molar-refractivity contribution >= 4 is 9.84 Å². The second-order valence-corrected chi connectivity index (χ2v) is 8.00. The van der Waals surface area contributed by atoms with E-state index in [-0.39, 0.29) is 10.6 Å². The summed E-state index contributed by atoms with van der Waals surface area (Å²) in [6.45, 7) is 0. The lowest BCUT2D eigenvalue weighted by molar-refractivity contribution is 0.583. The van der Waals surface area contributed by atoms with Crippen molar-refractivity contribution in [1.29, 1.82) is 0 Å². The number of aromatic nitrogens is 2. The molecule has 0 saturated carbocycles. The molecule has 27 heavy (non-hydrogen) atoms. The van der Waals surface area contributed by atoms with Crippen LogP contribution in [-0.4, -0.2) is 18.6 Å². The SMILES string of the molecule is O=S(=O)(Cc1ccccc1-c1nnc(-c2ccccc2)o1)c1ccccc1. The first-order chi connectivity index (χ1) is 13.1. The fourth-order valence-electron chi connectivity index (χ4n) is 2.80. The number of hydrogen-bond acceptors (Lipinski definition) is 5. The molecule has 0 spiro atoms. The van der Waals surface area contributed by atoms with Gasteiger partial charge in [-0.25, -0.2) is 8.42 Å². The van der Waals surface area contributed by atoms with E-state index in [0.29, 0.717) is 22.9 Å². The lowest BCUT2D eigenvalue weighted by Crippen LogP contribution is -2.06. The van der Waals surface area contributed by atoms with Gasteiger partial charge in [0.1, 0.15) is 0 Å². The Labute approximate surface area is 157 Å². The van der Waals surface area contributed by atoms with Crippen LogP contribution in [0.1, 0.15) is 5.56 Å². The summed E-state index contributed by atoms with van der Waals surface area (Å²) in [7, 11) is -3.48. The van der Waals surface area contributed by atoms with Crippen LogP contribution in [0.3, 0.4) is 0 Å². The second kappa shape index (κ2) is 7.17. The third kappa shape index (κ3) is 3.66. The molecule has 1 aromatic heterocycles. The molecule has 0 radical (unpaired) electrons. The van der Waals surface area contributed by atoms with Gasteiger partial charge in [0.15, 0.2) is 9.84 Å². The van der Waals surface area contributed by atoms with Crippen LogP contribution < -0.4 is 0 Å². The van der Waals surface area contributed by atoms with E-state index in [4.69, 9.17) is 4.42 Å². The minimum absolute atomic E-state index is 0.143. The highest BCUT2D eigenvalue weighted by atomic mass is 32.2. The molecule has 0 bridgehead atoms. The number of rotatable bonds is 5. The van der Waals surface area contributed by atoms with Gasteiger partial charge in [0.05, 0.1) is 10.6 Å². The number of benzene rings is 3. The highest BCUT2D eigenvalue weighted by molar-refractivity contribution is 7.90. The van der Waals surface area contributed by atoms with Gasteiger partial charge in [-0.15, -0.1) is 10.2 Å². The first kappa shape index (κ1) is 17.2. The van der Waals surface area contributed by atoms with Crippen LogP contribution in [0.15, 0.2) is 94.2 Å². The van der Waals surface area contributed by atoms with Crippen molar-refractivity contribution in [2.75, 3.05) is 0 Å². The standard InChI is InChI=1S/C21H16N2O3S/c24-27(25,18-12-5-2-6-13-18)15-17-11-7-8-14-19(17)21-23-22-20(26-21)16-9-3-1-4-10-16/h1-14H,15H2. The van der Waals surface area contributed by atoms with Gasteiger partial charge in [0, 0.05) is 11.1 Å². The molecule has 0 N–H and O–H groups in total. The van der Waals surface area contributed by atoms with Crippen LogP contribution in [0, 0.1) is 0 Å². The molecule has 0 fully saturated rings. The van der Waals surface area contributed by atoms with E-state index in [1.807, 2.05) is 36.4 Å². The highest BCUT2D eigenvalue weighted by Gasteiger charge is 2.20. The van der Waals surface area contributed by atoms with Gasteiger partial charge in [0.2, 0.25) is 11.8 Å². The molecule has 4 rings (SSSR count). The molecular formula is C21H16N2O3S. The highest BCUT2D eigenvalue weighted by Crippen LogP contribution is 2.28. The summed E-state index contributed by atoms with van der Waals surface area (Å²) in [5.74, 6) is 0.551. The van der Waals surface area contributed by atoms with Gasteiger partial charge < -0.3 is 4.42 Å². The minimum Gasteiger partial charge on any atom is -0.416 e. The summed E-state index contributed by atoms with van der Waals surface area (Å²) in [6, 6.07) is 25.0. The molecule has 1 heterocycles. The Bertz CT molecular complexity index is 1150. The molecule has 134 valence electrons. The zero-order valence-corrected chi connectivity index (χ0v) is 15.1. The normalized spacial score (nSPS) is 11.4. The fraction of sp³-hybridized carbons (Fsp3) is 0.0476. The van der Waals surface area contributed by atoms with E-state index in [9.17, 15) is 8.42 Å². The number of nitrogens with zero attached hydrogens (tertiary/aromatic N) is 2. The molecule has 5 nitrogen and oxygen atoms in total. The summed E-state index contributed by atoms with van der Waals surface area (Å²) >= 11 is 0. The second-order valence-electron chi connectivity index (χ2n) is 6.01. The van der Waals surface area contributed by atoms with E-state index in [1.54, 1.807) is 48.5 Å². The molecule has 0 aliphatic heterocycles. The van der Waals surface area contributed by atoms with Crippen LogP contribution in [0.25, 0.3) is 22.9 Å². The van der Waals surface area contributed by atoms with Crippen molar-refractivity contribution in [1.82, 2.24) is 10.2 Å². The topological polar surface area (TPSA) is 73.1 Å². The third-order valence-corrected chi connectivity index (χ3v) is 5.82. The molecule has 4 aromatic rings. The molecule has 0 saturated heterocycles. The van der Waals surface area contributed by atoms with Crippen LogP contribution in [0.2, 0.25) is 0 Å². The number of hydrogen-bond donors (Lipinski definition) is 0. The summed E-state index contributed by atoms with van der Waals surface area (Å²) in [6.07, 6.45) is 0. The van der Waals surface area contributed by atoms with E-state index < -0.39 is 9.84 Å². The van der Waals surface area contributed by atoms with Crippen molar-refractivity contribution in [2.24, 2.45) is 0 Å². The summed E-state index contributed by atoms with van der Waals surface area (Å²) in [4.78, 5) is 0.287. The molecule has 0 aliphatic carbocycles. The van der Waals surface area contributed by atoms with Crippen molar-refractivity contribution < 1.29 is 12.8 Å². The molecule has 0 unspecified atom stereocenters. The maximum absolute atomic E-state index is 12.7. The van der Waals surface area contributed by atoms with Gasteiger partial charge >= 0.3 is 0 Å². The van der Waals surface area contributed by atoms with E-state index in [1.165, 1.54) is 0 Å². The predicted octanol–water partition coefficient (Wildman–Crippen LogP) is 4.38. The lowest BCUT2D eigenvalue weighted by Gasteiger charge is -2.08. The molecule has 6 heteroatoms. The van der Waals surface area contributed by atoms with E-state index in [0.717, 1.165) is 5.56 Å². The maximum Gasteiger partial charge on any atom is 0.248 e. The van der Waals surface area contributed by atoms with Crippen molar-refractivity contribution in [3.8, 4) is 22.9 Å². The van der Waals surface area contributed by atoms with Gasteiger partial charge in [0.25, 0.3) is 0 Å². The Balaban J connectivity index is 1.70. The van der Waals surface area contributed by atoms with Gasteiger partial charge in [-0.2, -0.15) is 0 Å². The van der Waals surface area contributed by atoms with Crippen molar-refractivity contribution in [2.45, 2.75) is 10.6 Å². The van der Waals surface area contributed by atoms with Crippen LogP contribution in [0.5, 0.6) is 0 Å². The largest absolute Gasteiger partial charge is 0.416 e. The van der Waals surface area contributed by atoms with Gasteiger partial charge in [-0.1, -0.05) is 54.6 Å². The average molecular weight is 376 g/mol. The van der Waals surface area contributed by atoms with Gasteiger partial charge in [-0.3, -0.25) is 0 Å². The van der Waals surface area contributed by atoms with Gasteiger partial charge in [-0.05, 0) is 35.9 Å². The monoisotopic (exact) mass is 376 g/mol. The van der Waals surface area contributed by atoms with Crippen LogP contribution in [0.4, 0.5) is 0 Å². The first-order valence-electron chi connectivity index (χ1n) is 8.38. The van der Waals surface area contributed by atoms with Crippen molar-refractivity contribution in [3.05, 3.63) is 90.5 Å². The third-order valence-electron chi connectivity index (χ3n) is 4.14. The summed E-state index contributed by atoms with van der Waals surface area (Å²) in [5.41, 5.74) is 2.04. The quantitative estimate of drug-likeness (QED) is 0.517. The van der Waals surface area contributed by atoms with E-state index in [2.05, 4.69) is 10.2 Å². The average Bonchev–Trinajstić information content (AvgIpc) is 3.20. The Morgan fingerprint density at radius 1 is 0.704 bits per heavy atom. The molecule has 0 atom stereocenters. The summed E-state index contributed by atoms with van der Waals surface area (Å²) in [5, 5.41) is 8.21. The Kier molecular flexibility index (Phi) is 4.56. The van der Waals surface area contributed by atoms with Crippen LogP contribution in [-0.2, 0) is 15.6 Å². The van der Waals surface area contributed by atoms with Crippen LogP contribution >= 0.6 is 0 Å². The summed E-state index contributed by atoms with van der Waals surface area (Å²) < 4.78 is 31.3. The fourth-order valence-corrected chi connectivity index (χ4v) is 4.20. The van der Waals surface area contributed by atoms with E-state index >= 15 is 0 Å². The Hall–Kier alpha value is -3.25. The van der Waals surface area contributed by atoms with Crippen molar-refractivity contribution in [3.63, 3.8) is 0 Å².